The van der Waals surface area contributed by atoms with Crippen LogP contribution in [0.5, 0.6) is 11.8 Å². The lowest BCUT2D eigenvalue weighted by atomic mass is 10.1. The Bertz CT molecular complexity index is 6040. The number of ether oxygens (including phenoxy) is 7. The molecule has 17 N–H and O–H groups in total. The second-order valence-corrected chi connectivity index (χ2v) is 59.2. The molecule has 0 amide bonds. The van der Waals surface area contributed by atoms with E-state index in [-0.39, 0.29) is 51.2 Å². The lowest BCUT2D eigenvalue weighted by Gasteiger charge is -2.19. The number of aryl methyl sites for hydroxylation is 1. The average Bonchev–Trinajstić information content (AvgIpc) is 1.64. The molecule has 15 heterocycles. The van der Waals surface area contributed by atoms with Gasteiger partial charge in [-0.1, -0.05) is 20.3 Å². The Morgan fingerprint density at radius 3 is 1.04 bits per heavy atom. The van der Waals surface area contributed by atoms with Crippen molar-refractivity contribution < 1.29 is 79.1 Å². The molecule has 43 nitrogen and oxygen atoms in total. The highest BCUT2D eigenvalue weighted by Crippen LogP contribution is 2.47. The van der Waals surface area contributed by atoms with E-state index in [1.54, 1.807) is 22.4 Å². The summed E-state index contributed by atoms with van der Waals surface area (Å²) >= 11 is 6.50. The smallest absolute Gasteiger partial charge is 0.280 e. The molecule has 5 aliphatic rings. The van der Waals surface area contributed by atoms with Crippen LogP contribution < -0.4 is 47.8 Å². The lowest BCUT2D eigenvalue weighted by molar-refractivity contribution is -0.0353. The number of unbranched alkanes of at least 4 members (excludes halogenated alkanes) is 1. The monoisotopic (exact) mass is 1960 g/mol. The van der Waals surface area contributed by atoms with Crippen LogP contribution in [-0.2, 0) is 23.7 Å². The van der Waals surface area contributed by atoms with Gasteiger partial charge in [0.1, 0.15) is 66.1 Å². The van der Waals surface area contributed by atoms with E-state index in [2.05, 4.69) is 196 Å². The molecular formula is C83H134ClN24O19P5. The number of aromatic nitrogens is 20. The Hall–Kier alpha value is -7.82. The van der Waals surface area contributed by atoms with Gasteiger partial charge in [-0.3, -0.25) is 52.2 Å². The first-order valence-electron chi connectivity index (χ1n) is 44.0. The number of nitrogens with zero attached hydrogens (tertiary/aromatic N) is 17. The number of nitrogens with one attached hydrogen (secondary N) is 6. The summed E-state index contributed by atoms with van der Waals surface area (Å²) in [4.78, 5) is 95.7. The number of aliphatic hydroxyl groups excluding tert-OH is 9. The molecule has 0 aliphatic carbocycles. The van der Waals surface area contributed by atoms with Gasteiger partial charge in [-0.15, -0.1) is 77.5 Å². The number of hydrogen-bond acceptors (Lipinski definition) is 35. The fourth-order valence-electron chi connectivity index (χ4n) is 15.4. The van der Waals surface area contributed by atoms with E-state index in [0.717, 1.165) is 56.5 Å². The van der Waals surface area contributed by atoms with Gasteiger partial charge in [0.05, 0.1) is 75.9 Å². The zero-order chi connectivity index (χ0) is 96.7. The molecule has 5 fully saturated rings. The molecule has 20 atom stereocenters. The van der Waals surface area contributed by atoms with Crippen LogP contribution in [0.4, 0.5) is 23.8 Å². The van der Waals surface area contributed by atoms with E-state index >= 15 is 0 Å². The number of hydrogen-bond donors (Lipinski definition) is 16. The van der Waals surface area contributed by atoms with Gasteiger partial charge in [0.25, 0.3) is 16.7 Å². The van der Waals surface area contributed by atoms with Gasteiger partial charge in [0.2, 0.25) is 35.6 Å². The number of nitrogen functional groups attached to an aromatic ring is 1. The highest BCUT2D eigenvalue weighted by Gasteiger charge is 2.50. The molecule has 5 aliphatic heterocycles. The third-order valence-corrected chi connectivity index (χ3v) is 30.3. The Morgan fingerprint density at radius 1 is 0.409 bits per heavy atom. The van der Waals surface area contributed by atoms with Crippen molar-refractivity contribution in [3.05, 3.63) is 68.5 Å². The Balaban J connectivity index is 0.000000159. The summed E-state index contributed by atoms with van der Waals surface area (Å²) in [5.41, 5.74) is 7.95. The minimum atomic E-state index is -1.27. The largest absolute Gasteiger partial charge is 0.479 e. The van der Waals surface area contributed by atoms with Crippen LogP contribution in [-0.4, -0.2) is 397 Å². The molecule has 5 saturated heterocycles. The number of aliphatic hydroxyl groups is 9. The van der Waals surface area contributed by atoms with Crippen molar-refractivity contribution in [1.29, 1.82) is 0 Å². The van der Waals surface area contributed by atoms with Gasteiger partial charge in [-0.2, -0.15) is 29.9 Å². The standard InChI is InChI=1S/C18H30N5O4P.C17H26ClN4O3P.C17H28N5O4P.C16H26N5O4P.C15H24N5O4P/c1-5-6-8-19-18-21-15-12(16(26)22-18)20-10-23(15)17-14(25)13(24)11(27-17)7-9-28(2,3)4;1-6-24-16-13-15(20-10(2)21-16)22(9-19-13)17-12(18)14(23)11(25-17)7-8-26(3,4)5;1-5-7-18-17-20-14-11(15(25)21-17)19-9-22(14)16-13(24)12(23)10(26-16)6-8-27(2,3)4;1-5-17-16-19-13-10(14(24)20-16)18-8-21(13)15-12(23)11(22)9(25-15)6-7-26(2,3)4;1-23-13-9-12(18-15(16)19-13)20(7-17-9)14-11(22)10(21)8(24-14)5-6-25(2,3)4/h10-11,13-14,17,24-25H,2,5-9H2,1,3-4H3,(H2,19,21,22,26);9,11-12,14,17,23H,3,6-8H2,1-2,4-5H3;9-10,12-13,16,23-24H,2,5-8H2,1,3-4H3,(H2,18,20,21,25);8-9,11-12,15,22-23H,2,5-7H2,1,3-4H3,(H2,17,19,20,24);7-8,10-11,14,21-22H,2,5-6H2,1,3-4H3,(H2,16,18,19)/t11-,13-,14-,17?;11-,12-,14-,17?;10-,12-,13-,16?;9-,11-,12-,15?;8-,10-,11-,14?/m11111/s1. The van der Waals surface area contributed by atoms with Crippen LogP contribution >= 0.6 is 46.0 Å². The van der Waals surface area contributed by atoms with Crippen LogP contribution in [0.25, 0.3) is 55.8 Å². The number of anilines is 4. The number of fused-ring (bicyclic) bond motifs is 5. The van der Waals surface area contributed by atoms with Crippen LogP contribution in [0.3, 0.4) is 0 Å². The summed E-state index contributed by atoms with van der Waals surface area (Å²) in [6, 6.07) is 0. The summed E-state index contributed by atoms with van der Waals surface area (Å²) in [5.74, 6) is 2.30. The van der Waals surface area contributed by atoms with Gasteiger partial charge >= 0.3 is 0 Å². The average molecular weight is 1960 g/mol. The molecule has 15 rings (SSSR count). The molecule has 0 radical (unpaired) electrons. The minimum Gasteiger partial charge on any atom is -0.479 e. The highest BCUT2D eigenvalue weighted by molar-refractivity contribution is 7.73. The SMILES string of the molecule is C=P(C)(C)CC[C@H]1OC(n2cnc3c(=O)[nH]c(NCC)nc32)[C@H](O)[C@@H]1O.C=P(C)(C)CC[C@H]1OC(n2cnc3c(=O)[nH]c(NCCC)nc32)[C@H](O)[C@@H]1O.C=P(C)(C)CC[C@H]1OC(n2cnc3c(=O)[nH]c(NCCCC)nc32)[C@H](O)[C@@H]1O.C=P(C)(C)CC[C@H]1OC(n2cnc3c(OC)nc(N)nc32)[C@H](O)[C@@H]1O.C=P(C)(C)CC[C@H]1OC(n2cnc3c(OCC)nc(C)nc32)[C@H](Cl)[C@@H]1O. The molecule has 49 heteroatoms. The third kappa shape index (κ3) is 25.7. The first-order valence-corrected chi connectivity index (χ1v) is 59.7. The number of H-pyrrole nitrogens is 3. The summed E-state index contributed by atoms with van der Waals surface area (Å²) in [7, 11) is 1.46. The number of methoxy groups -OCH3 is 1. The summed E-state index contributed by atoms with van der Waals surface area (Å²) < 4.78 is 48.4. The highest BCUT2D eigenvalue weighted by atomic mass is 35.5. The Morgan fingerprint density at radius 2 is 0.712 bits per heavy atom. The quantitative estimate of drug-likeness (QED) is 0.0155. The number of rotatable bonds is 32. The minimum absolute atomic E-state index is 0.0271. The summed E-state index contributed by atoms with van der Waals surface area (Å²) in [6.45, 7) is 27.1. The van der Waals surface area contributed by atoms with Crippen LogP contribution in [0.1, 0.15) is 116 Å². The Kier molecular flexibility index (Phi) is 35.0. The van der Waals surface area contributed by atoms with Crippen molar-refractivity contribution in [2.45, 2.75) is 208 Å². The lowest BCUT2D eigenvalue weighted by Crippen LogP contribution is -2.32. The predicted octanol–water partition coefficient (Wildman–Crippen LogP) is 4.61. The number of halogens is 1. The van der Waals surface area contributed by atoms with Crippen LogP contribution in [0.15, 0.2) is 46.0 Å². The maximum absolute atomic E-state index is 12.3. The molecule has 732 valence electrons. The van der Waals surface area contributed by atoms with E-state index in [0.29, 0.717) is 121 Å². The normalized spacial score (nSPS) is 26.3. The van der Waals surface area contributed by atoms with Gasteiger partial charge < -0.3 is 101 Å². The first kappa shape index (κ1) is 105. The van der Waals surface area contributed by atoms with Gasteiger partial charge in [0, 0.05) is 19.6 Å². The van der Waals surface area contributed by atoms with Crippen molar-refractivity contribution >= 4 is 157 Å². The second kappa shape index (κ2) is 44.1. The zero-order valence-electron chi connectivity index (χ0n) is 77.9. The van der Waals surface area contributed by atoms with Crippen molar-refractivity contribution in [3.8, 4) is 11.8 Å². The predicted molar refractivity (Wildman–Crippen MR) is 528 cm³/mol. The number of nitrogens with two attached hydrogens (primary N) is 1. The zero-order valence-corrected chi connectivity index (χ0v) is 83.1. The molecule has 132 heavy (non-hydrogen) atoms. The second-order valence-electron chi connectivity index (χ2n) is 37.1. The molecular weight excluding hydrogens is 1830 g/mol. The fourth-order valence-corrected chi connectivity index (χ4v) is 20.5. The van der Waals surface area contributed by atoms with Crippen molar-refractivity contribution in [3.63, 3.8) is 0 Å². The maximum atomic E-state index is 12.3. The Labute approximate surface area is 770 Å². The number of alkyl halides is 1. The molecule has 0 aromatic carbocycles. The van der Waals surface area contributed by atoms with Crippen LogP contribution in [0, 0.1) is 6.92 Å². The maximum Gasteiger partial charge on any atom is 0.280 e. The molecule has 10 aromatic rings. The molecule has 5 unspecified atom stereocenters. The summed E-state index contributed by atoms with van der Waals surface area (Å²) in [6.07, 6.45) is 23.1. The van der Waals surface area contributed by atoms with Gasteiger partial charge in [-0.05, 0) is 163 Å². The third-order valence-electron chi connectivity index (χ3n) is 22.5. The van der Waals surface area contributed by atoms with Crippen LogP contribution in [0.2, 0.25) is 0 Å². The molecule has 10 aromatic heterocycles. The van der Waals surface area contributed by atoms with E-state index in [1.807, 2.05) is 20.8 Å². The number of imidazole rings is 5. The van der Waals surface area contributed by atoms with Crippen molar-refractivity contribution in [1.82, 2.24) is 97.6 Å². The van der Waals surface area contributed by atoms with Gasteiger partial charge in [-0.25, -0.2) is 29.9 Å². The topological polar surface area (TPSA) is 587 Å². The number of aromatic amines is 3. The molecule has 0 saturated carbocycles. The van der Waals surface area contributed by atoms with Gasteiger partial charge in [0.15, 0.2) is 87.0 Å². The fraction of sp³-hybridized carbons (Fsp3) is 0.639. The summed E-state index contributed by atoms with van der Waals surface area (Å²) in [5, 5.41) is 103. The first-order chi connectivity index (χ1) is 62.0. The van der Waals surface area contributed by atoms with E-state index in [4.69, 9.17) is 50.5 Å². The molecule has 0 bridgehead atoms. The molecule has 0 spiro atoms. The van der Waals surface area contributed by atoms with E-state index in [9.17, 15) is 60.3 Å². The van der Waals surface area contributed by atoms with E-state index < -0.39 is 150 Å². The van der Waals surface area contributed by atoms with Crippen molar-refractivity contribution in [2.24, 2.45) is 0 Å². The van der Waals surface area contributed by atoms with Crippen molar-refractivity contribution in [2.75, 3.05) is 152 Å². The van der Waals surface area contributed by atoms with E-state index in [1.165, 1.54) is 46.1 Å².